The molecule has 0 radical (unpaired) electrons. The number of nitro groups is 1. The number of rotatable bonds is 5. The Morgan fingerprint density at radius 1 is 1.15 bits per heavy atom. The molecule has 0 saturated carbocycles. The van der Waals surface area contributed by atoms with Crippen LogP contribution < -0.4 is 10.1 Å². The molecule has 1 unspecified atom stereocenters. The summed E-state index contributed by atoms with van der Waals surface area (Å²) >= 11 is 0. The summed E-state index contributed by atoms with van der Waals surface area (Å²) in [5, 5.41) is 23.0. The largest absolute Gasteiger partial charge is 0.492 e. The number of nitrogens with zero attached hydrogens (tertiary/aromatic N) is 2. The number of benzene rings is 3. The topological polar surface area (TPSA) is 105 Å². The smallest absolute Gasteiger partial charge is 0.417 e. The summed E-state index contributed by atoms with van der Waals surface area (Å²) in [7, 11) is 0. The summed E-state index contributed by atoms with van der Waals surface area (Å²) in [6.07, 6.45) is -4.49. The van der Waals surface area contributed by atoms with Crippen LogP contribution in [-0.4, -0.2) is 17.3 Å². The number of carbonyl (C=O) groups is 1. The zero-order valence-electron chi connectivity index (χ0n) is 17.4. The second-order valence-corrected chi connectivity index (χ2v) is 7.67. The Hall–Kier alpha value is -4.39. The molecule has 7 nitrogen and oxygen atoms in total. The van der Waals surface area contributed by atoms with Crippen molar-refractivity contribution in [2.45, 2.75) is 12.6 Å². The lowest BCUT2D eigenvalue weighted by Gasteiger charge is -2.25. The first-order valence-electron chi connectivity index (χ1n) is 10.1. The molecule has 1 N–H and O–H groups in total. The van der Waals surface area contributed by atoms with Gasteiger partial charge < -0.3 is 10.1 Å². The molecule has 3 aromatic carbocycles. The Balaban J connectivity index is 1.60. The first kappa shape index (κ1) is 22.8. The molecule has 0 amide bonds. The predicted octanol–water partition coefficient (Wildman–Crippen LogP) is 5.66. The van der Waals surface area contributed by atoms with E-state index in [0.29, 0.717) is 11.3 Å². The van der Waals surface area contributed by atoms with Crippen molar-refractivity contribution in [1.82, 2.24) is 0 Å². The lowest BCUT2D eigenvalue weighted by molar-refractivity contribution is -0.384. The van der Waals surface area contributed by atoms with Crippen LogP contribution in [0.25, 0.3) is 0 Å². The second kappa shape index (κ2) is 8.86. The molecule has 0 saturated heterocycles. The van der Waals surface area contributed by atoms with Gasteiger partial charge in [0.25, 0.3) is 5.69 Å². The van der Waals surface area contributed by atoms with E-state index in [-0.39, 0.29) is 41.5 Å². The lowest BCUT2D eigenvalue weighted by Crippen LogP contribution is -2.29. The number of anilines is 2. The van der Waals surface area contributed by atoms with Crippen LogP contribution in [0.3, 0.4) is 0 Å². The van der Waals surface area contributed by atoms with E-state index in [4.69, 9.17) is 10.00 Å². The maximum Gasteiger partial charge on any atom is 0.417 e. The van der Waals surface area contributed by atoms with E-state index in [1.807, 2.05) is 0 Å². The zero-order chi connectivity index (χ0) is 24.5. The molecule has 172 valence electrons. The van der Waals surface area contributed by atoms with E-state index in [1.165, 1.54) is 24.3 Å². The van der Waals surface area contributed by atoms with E-state index >= 15 is 0 Å². The lowest BCUT2D eigenvalue weighted by atomic mass is 9.89. The molecule has 34 heavy (non-hydrogen) atoms. The van der Waals surface area contributed by atoms with Crippen molar-refractivity contribution in [2.75, 3.05) is 11.9 Å². The number of carbonyl (C=O) groups excluding carboxylic acids is 1. The molecular weight excluding hydrogens is 451 g/mol. The Morgan fingerprint density at radius 3 is 2.62 bits per heavy atom. The number of nitriles is 1. The summed E-state index contributed by atoms with van der Waals surface area (Å²) in [5.74, 6) is -0.669. The number of non-ortho nitro benzene ring substituents is 1. The molecule has 1 atom stereocenters. The predicted molar refractivity (Wildman–Crippen MR) is 116 cm³/mol. The molecule has 4 rings (SSSR count). The van der Waals surface area contributed by atoms with Crippen LogP contribution in [0.4, 0.5) is 30.2 Å². The molecular formula is C24H16F3N3O4. The summed E-state index contributed by atoms with van der Waals surface area (Å²) in [6, 6.07) is 15.5. The summed E-state index contributed by atoms with van der Waals surface area (Å²) in [4.78, 5) is 23.5. The Bertz CT molecular complexity index is 1330. The van der Waals surface area contributed by atoms with Crippen LogP contribution in [0.15, 0.2) is 60.7 Å². The van der Waals surface area contributed by atoms with Crippen LogP contribution in [0.2, 0.25) is 0 Å². The van der Waals surface area contributed by atoms with Crippen LogP contribution in [0.5, 0.6) is 5.75 Å². The number of ether oxygens (including phenoxy) is 1. The van der Waals surface area contributed by atoms with Crippen LogP contribution in [0.1, 0.15) is 27.0 Å². The van der Waals surface area contributed by atoms with Crippen LogP contribution >= 0.6 is 0 Å². The number of para-hydroxylation sites is 1. The highest BCUT2D eigenvalue weighted by atomic mass is 19.4. The van der Waals surface area contributed by atoms with Gasteiger partial charge in [0.1, 0.15) is 5.75 Å². The molecule has 0 fully saturated rings. The fourth-order valence-electron chi connectivity index (χ4n) is 3.78. The van der Waals surface area contributed by atoms with E-state index in [1.54, 1.807) is 30.3 Å². The number of nitrogens with one attached hydrogen (secondary N) is 1. The molecule has 3 aromatic rings. The van der Waals surface area contributed by atoms with Crippen molar-refractivity contribution in [3.05, 3.63) is 93.0 Å². The van der Waals surface area contributed by atoms with Crippen molar-refractivity contribution in [3.8, 4) is 11.8 Å². The first-order chi connectivity index (χ1) is 16.2. The van der Waals surface area contributed by atoms with Crippen LogP contribution in [0, 0.1) is 27.4 Å². The maximum absolute atomic E-state index is 13.3. The Morgan fingerprint density at radius 2 is 1.91 bits per heavy atom. The average Bonchev–Trinajstić information content (AvgIpc) is 2.81. The van der Waals surface area contributed by atoms with Gasteiger partial charge in [0.15, 0.2) is 5.78 Å². The Labute approximate surface area is 191 Å². The summed E-state index contributed by atoms with van der Waals surface area (Å²) < 4.78 is 45.6. The number of hydrogen-bond donors (Lipinski definition) is 1. The SMILES string of the molecule is N#Cc1ccc(Nc2ccccc2CC2COc3ccc([N+](=O)[O-])cc3C2=O)cc1C(F)(F)F. The highest BCUT2D eigenvalue weighted by molar-refractivity contribution is 6.02. The van der Waals surface area contributed by atoms with Crippen molar-refractivity contribution in [1.29, 1.82) is 5.26 Å². The third-order valence-electron chi connectivity index (χ3n) is 5.46. The number of fused-ring (bicyclic) bond motifs is 1. The molecule has 0 bridgehead atoms. The fraction of sp³-hybridized carbons (Fsp3) is 0.167. The molecule has 0 aliphatic carbocycles. The molecule has 1 aliphatic rings. The normalized spacial score (nSPS) is 15.1. The second-order valence-electron chi connectivity index (χ2n) is 7.67. The van der Waals surface area contributed by atoms with E-state index in [0.717, 1.165) is 12.1 Å². The van der Waals surface area contributed by atoms with Crippen molar-refractivity contribution in [2.24, 2.45) is 5.92 Å². The van der Waals surface area contributed by atoms with Gasteiger partial charge in [0, 0.05) is 23.5 Å². The standard InChI is InChI=1S/C24H16F3N3O4/c25-24(26,27)20-10-17(6-5-15(20)12-28)29-21-4-2-1-3-14(21)9-16-13-34-22-8-7-18(30(32)33)11-19(22)23(16)31/h1-8,10-11,16,29H,9,13H2. The number of alkyl halides is 3. The van der Waals surface area contributed by atoms with E-state index < -0.39 is 28.1 Å². The van der Waals surface area contributed by atoms with Gasteiger partial charge >= 0.3 is 6.18 Å². The van der Waals surface area contributed by atoms with Gasteiger partial charge in [-0.3, -0.25) is 14.9 Å². The first-order valence-corrected chi connectivity index (χ1v) is 10.1. The number of ketones is 1. The Kier molecular flexibility index (Phi) is 5.94. The van der Waals surface area contributed by atoms with Gasteiger partial charge in [-0.05, 0) is 42.3 Å². The third-order valence-corrected chi connectivity index (χ3v) is 5.46. The summed E-state index contributed by atoms with van der Waals surface area (Å²) in [5.41, 5.74) is -0.367. The zero-order valence-corrected chi connectivity index (χ0v) is 17.4. The monoisotopic (exact) mass is 467 g/mol. The number of halogens is 3. The van der Waals surface area contributed by atoms with E-state index in [2.05, 4.69) is 5.32 Å². The van der Waals surface area contributed by atoms with Gasteiger partial charge in [-0.25, -0.2) is 0 Å². The molecule has 1 heterocycles. The molecule has 0 aromatic heterocycles. The van der Waals surface area contributed by atoms with Gasteiger partial charge in [0.05, 0.1) is 40.2 Å². The van der Waals surface area contributed by atoms with Gasteiger partial charge in [-0.1, -0.05) is 18.2 Å². The minimum Gasteiger partial charge on any atom is -0.492 e. The number of nitro benzene ring substituents is 1. The maximum atomic E-state index is 13.3. The number of hydrogen-bond acceptors (Lipinski definition) is 6. The minimum absolute atomic E-state index is 0.0626. The highest BCUT2D eigenvalue weighted by Gasteiger charge is 2.34. The highest BCUT2D eigenvalue weighted by Crippen LogP contribution is 2.36. The van der Waals surface area contributed by atoms with E-state index in [9.17, 15) is 28.1 Å². The summed E-state index contributed by atoms with van der Waals surface area (Å²) in [6.45, 7) is 0.0626. The average molecular weight is 467 g/mol. The van der Waals surface area contributed by atoms with Gasteiger partial charge in [-0.15, -0.1) is 0 Å². The van der Waals surface area contributed by atoms with Gasteiger partial charge in [0.2, 0.25) is 0 Å². The quantitative estimate of drug-likeness (QED) is 0.383. The molecule has 10 heteroatoms. The van der Waals surface area contributed by atoms with Gasteiger partial charge in [-0.2, -0.15) is 18.4 Å². The van der Waals surface area contributed by atoms with Crippen molar-refractivity contribution < 1.29 is 27.6 Å². The van der Waals surface area contributed by atoms with Crippen molar-refractivity contribution in [3.63, 3.8) is 0 Å². The fourth-order valence-corrected chi connectivity index (χ4v) is 3.78. The minimum atomic E-state index is -4.69. The van der Waals surface area contributed by atoms with Crippen LogP contribution in [-0.2, 0) is 12.6 Å². The van der Waals surface area contributed by atoms with Crippen molar-refractivity contribution >= 4 is 22.8 Å². The molecule has 1 aliphatic heterocycles. The number of Topliss-reactive ketones (excluding diaryl/α,β-unsaturated/α-hetero) is 1. The molecule has 0 spiro atoms. The third kappa shape index (κ3) is 4.54.